The van der Waals surface area contributed by atoms with Gasteiger partial charge in [-0.25, -0.2) is 0 Å². The lowest BCUT2D eigenvalue weighted by atomic mass is 9.95. The third-order valence-corrected chi connectivity index (χ3v) is 4.53. The molecule has 1 aromatic rings. The van der Waals surface area contributed by atoms with Crippen LogP contribution in [0.3, 0.4) is 0 Å². The highest BCUT2D eigenvalue weighted by atomic mass is 32.2. The van der Waals surface area contributed by atoms with Gasteiger partial charge in [-0.05, 0) is 36.8 Å². The van der Waals surface area contributed by atoms with Crippen molar-refractivity contribution in [3.63, 3.8) is 0 Å². The van der Waals surface area contributed by atoms with E-state index in [1.165, 1.54) is 12.1 Å². The van der Waals surface area contributed by atoms with E-state index in [0.717, 1.165) is 23.5 Å². The minimum absolute atomic E-state index is 0.438. The van der Waals surface area contributed by atoms with Gasteiger partial charge in [0.15, 0.2) is 0 Å². The Balaban J connectivity index is 2.10. The zero-order valence-electron chi connectivity index (χ0n) is 10.1. The maximum atomic E-state index is 13.5. The predicted octanol–water partition coefficient (Wildman–Crippen LogP) is 2.23. The Morgan fingerprint density at radius 3 is 2.94 bits per heavy atom. The molecule has 18 heavy (non-hydrogen) atoms. The first-order valence-corrected chi connectivity index (χ1v) is 6.95. The molecular weight excluding hydrogens is 255 g/mol. The molecule has 2 atom stereocenters. The SMILES string of the molecule is CNC1CSCC1Cc1ccc([N+](=O)[O-])c(F)c1. The van der Waals surface area contributed by atoms with Crippen molar-refractivity contribution < 1.29 is 9.31 Å². The largest absolute Gasteiger partial charge is 0.316 e. The van der Waals surface area contributed by atoms with E-state index >= 15 is 0 Å². The number of halogens is 1. The number of nitrogens with one attached hydrogen (secondary N) is 1. The normalized spacial score (nSPS) is 23.2. The van der Waals surface area contributed by atoms with Crippen LogP contribution in [0.15, 0.2) is 18.2 Å². The van der Waals surface area contributed by atoms with E-state index < -0.39 is 16.4 Å². The quantitative estimate of drug-likeness (QED) is 0.673. The van der Waals surface area contributed by atoms with E-state index in [1.807, 2.05) is 18.8 Å². The first-order chi connectivity index (χ1) is 8.61. The van der Waals surface area contributed by atoms with Crippen molar-refractivity contribution in [1.82, 2.24) is 5.32 Å². The van der Waals surface area contributed by atoms with E-state index in [4.69, 9.17) is 0 Å². The second kappa shape index (κ2) is 5.67. The summed E-state index contributed by atoms with van der Waals surface area (Å²) in [4.78, 5) is 9.83. The number of benzene rings is 1. The average molecular weight is 270 g/mol. The third kappa shape index (κ3) is 2.81. The Labute approximate surface area is 109 Å². The number of thioether (sulfide) groups is 1. The molecule has 0 aromatic heterocycles. The van der Waals surface area contributed by atoms with Crippen LogP contribution in [0.25, 0.3) is 0 Å². The van der Waals surface area contributed by atoms with Crippen molar-refractivity contribution in [3.05, 3.63) is 39.7 Å². The van der Waals surface area contributed by atoms with Gasteiger partial charge in [0, 0.05) is 17.9 Å². The molecule has 0 bridgehead atoms. The van der Waals surface area contributed by atoms with E-state index in [2.05, 4.69) is 5.32 Å². The molecule has 98 valence electrons. The summed E-state index contributed by atoms with van der Waals surface area (Å²) in [6.07, 6.45) is 0.757. The maximum Gasteiger partial charge on any atom is 0.304 e. The van der Waals surface area contributed by atoms with E-state index in [-0.39, 0.29) is 0 Å². The molecule has 1 N–H and O–H groups in total. The number of hydrogen-bond acceptors (Lipinski definition) is 4. The first-order valence-electron chi connectivity index (χ1n) is 5.79. The van der Waals surface area contributed by atoms with Crippen LogP contribution in [0, 0.1) is 21.8 Å². The van der Waals surface area contributed by atoms with Crippen molar-refractivity contribution in [1.29, 1.82) is 0 Å². The van der Waals surface area contributed by atoms with Gasteiger partial charge in [0.1, 0.15) is 0 Å². The van der Waals surface area contributed by atoms with Gasteiger partial charge in [0.2, 0.25) is 5.82 Å². The summed E-state index contributed by atoms with van der Waals surface area (Å²) in [5.74, 6) is 1.82. The molecule has 1 fully saturated rings. The van der Waals surface area contributed by atoms with Crippen LogP contribution < -0.4 is 5.32 Å². The Morgan fingerprint density at radius 2 is 2.33 bits per heavy atom. The summed E-state index contributed by atoms with van der Waals surface area (Å²) in [6, 6.07) is 4.62. The van der Waals surface area contributed by atoms with Crippen molar-refractivity contribution in [2.24, 2.45) is 5.92 Å². The van der Waals surface area contributed by atoms with E-state index in [9.17, 15) is 14.5 Å². The molecule has 2 unspecified atom stereocenters. The van der Waals surface area contributed by atoms with Crippen LogP contribution in [-0.4, -0.2) is 29.5 Å². The Hall–Kier alpha value is -1.14. The molecule has 0 aliphatic carbocycles. The van der Waals surface area contributed by atoms with Gasteiger partial charge in [-0.1, -0.05) is 6.07 Å². The topological polar surface area (TPSA) is 55.2 Å². The van der Waals surface area contributed by atoms with Gasteiger partial charge in [0.25, 0.3) is 0 Å². The highest BCUT2D eigenvalue weighted by Crippen LogP contribution is 2.28. The molecule has 1 aliphatic heterocycles. The number of hydrogen-bond donors (Lipinski definition) is 1. The van der Waals surface area contributed by atoms with Crippen LogP contribution in [0.2, 0.25) is 0 Å². The standard InChI is InChI=1S/C12H15FN2O2S/c1-14-11-7-18-6-9(11)4-8-2-3-12(15(16)17)10(13)5-8/h2-3,5,9,11,14H,4,6-7H2,1H3. The zero-order chi connectivity index (χ0) is 13.1. The van der Waals surface area contributed by atoms with E-state index in [0.29, 0.717) is 12.0 Å². The van der Waals surface area contributed by atoms with Crippen molar-refractivity contribution in [2.45, 2.75) is 12.5 Å². The number of nitro groups is 1. The summed E-state index contributed by atoms with van der Waals surface area (Å²) in [5, 5.41) is 13.8. The zero-order valence-corrected chi connectivity index (χ0v) is 10.9. The van der Waals surface area contributed by atoms with Crippen molar-refractivity contribution in [3.8, 4) is 0 Å². The van der Waals surface area contributed by atoms with Gasteiger partial charge in [-0.15, -0.1) is 0 Å². The van der Waals surface area contributed by atoms with Gasteiger partial charge in [0.05, 0.1) is 4.92 Å². The molecular formula is C12H15FN2O2S. The van der Waals surface area contributed by atoms with Crippen molar-refractivity contribution in [2.75, 3.05) is 18.6 Å². The molecule has 1 heterocycles. The van der Waals surface area contributed by atoms with Gasteiger partial charge >= 0.3 is 5.69 Å². The minimum Gasteiger partial charge on any atom is -0.316 e. The number of nitrogens with zero attached hydrogens (tertiary/aromatic N) is 1. The fraction of sp³-hybridized carbons (Fsp3) is 0.500. The first kappa shape index (κ1) is 13.3. The Bertz CT molecular complexity index is 456. The second-order valence-corrected chi connectivity index (χ2v) is 5.51. The molecule has 1 aliphatic rings. The molecule has 6 heteroatoms. The average Bonchev–Trinajstić information content (AvgIpc) is 2.76. The Kier molecular flexibility index (Phi) is 4.19. The second-order valence-electron chi connectivity index (χ2n) is 4.44. The highest BCUT2D eigenvalue weighted by molar-refractivity contribution is 7.99. The lowest BCUT2D eigenvalue weighted by Gasteiger charge is -2.17. The van der Waals surface area contributed by atoms with Crippen LogP contribution >= 0.6 is 11.8 Å². The third-order valence-electron chi connectivity index (χ3n) is 3.28. The molecule has 0 spiro atoms. The molecule has 1 aromatic carbocycles. The summed E-state index contributed by atoms with van der Waals surface area (Å²) in [6.45, 7) is 0. The predicted molar refractivity (Wildman–Crippen MR) is 70.4 cm³/mol. The molecule has 4 nitrogen and oxygen atoms in total. The maximum absolute atomic E-state index is 13.5. The lowest BCUT2D eigenvalue weighted by Crippen LogP contribution is -2.33. The van der Waals surface area contributed by atoms with Crippen LogP contribution in [0.4, 0.5) is 10.1 Å². The lowest BCUT2D eigenvalue weighted by molar-refractivity contribution is -0.387. The van der Waals surface area contributed by atoms with Crippen LogP contribution in [0.1, 0.15) is 5.56 Å². The minimum atomic E-state index is -0.746. The molecule has 0 saturated carbocycles. The molecule has 1 saturated heterocycles. The monoisotopic (exact) mass is 270 g/mol. The van der Waals surface area contributed by atoms with Gasteiger partial charge in [-0.3, -0.25) is 10.1 Å². The van der Waals surface area contributed by atoms with Gasteiger partial charge < -0.3 is 5.32 Å². The summed E-state index contributed by atoms with van der Waals surface area (Å²) in [5.41, 5.74) is 0.371. The van der Waals surface area contributed by atoms with Gasteiger partial charge in [-0.2, -0.15) is 16.2 Å². The fourth-order valence-electron chi connectivity index (χ4n) is 2.25. The molecule has 2 rings (SSSR count). The molecule has 0 amide bonds. The smallest absolute Gasteiger partial charge is 0.304 e. The number of nitro benzene ring substituents is 1. The number of rotatable bonds is 4. The Morgan fingerprint density at radius 1 is 1.56 bits per heavy atom. The fourth-order valence-corrected chi connectivity index (χ4v) is 3.73. The summed E-state index contributed by atoms with van der Waals surface area (Å²) in [7, 11) is 1.93. The van der Waals surface area contributed by atoms with Crippen LogP contribution in [-0.2, 0) is 6.42 Å². The molecule has 0 radical (unpaired) electrons. The van der Waals surface area contributed by atoms with Crippen LogP contribution in [0.5, 0.6) is 0 Å². The summed E-state index contributed by atoms with van der Waals surface area (Å²) < 4.78 is 13.5. The van der Waals surface area contributed by atoms with E-state index in [1.54, 1.807) is 6.07 Å². The summed E-state index contributed by atoms with van der Waals surface area (Å²) >= 11 is 1.88. The highest BCUT2D eigenvalue weighted by Gasteiger charge is 2.27. The van der Waals surface area contributed by atoms with Crippen molar-refractivity contribution >= 4 is 17.4 Å².